The fraction of sp³-hybridized carbons (Fsp3) is 0.188. The lowest BCUT2D eigenvalue weighted by atomic mass is 10.2. The van der Waals surface area contributed by atoms with Gasteiger partial charge >= 0.3 is 0 Å². The lowest BCUT2D eigenvalue weighted by Gasteiger charge is -2.09. The van der Waals surface area contributed by atoms with Gasteiger partial charge in [-0.15, -0.1) is 11.3 Å². The third-order valence-corrected chi connectivity index (χ3v) is 4.65. The number of aryl methyl sites for hydroxylation is 2. The van der Waals surface area contributed by atoms with Gasteiger partial charge in [-0.25, -0.2) is 4.98 Å². The zero-order chi connectivity index (χ0) is 15.0. The SMILES string of the molecule is Cc1sc2nc(-c3ccccc3)n(CC#N)c(=O)c2c1C. The highest BCUT2D eigenvalue weighted by Gasteiger charge is 2.17. The highest BCUT2D eigenvalue weighted by Crippen LogP contribution is 2.28. The quantitative estimate of drug-likeness (QED) is 0.729. The van der Waals surface area contributed by atoms with Gasteiger partial charge in [0, 0.05) is 10.4 Å². The molecule has 0 fully saturated rings. The zero-order valence-corrected chi connectivity index (χ0v) is 12.6. The molecular weight excluding hydrogens is 282 g/mol. The zero-order valence-electron chi connectivity index (χ0n) is 11.8. The van der Waals surface area contributed by atoms with Gasteiger partial charge in [0.2, 0.25) is 0 Å². The Balaban J connectivity index is 2.42. The number of aromatic nitrogens is 2. The van der Waals surface area contributed by atoms with Crippen molar-refractivity contribution in [2.75, 3.05) is 0 Å². The summed E-state index contributed by atoms with van der Waals surface area (Å²) in [6, 6.07) is 11.6. The van der Waals surface area contributed by atoms with Gasteiger partial charge in [-0.3, -0.25) is 9.36 Å². The first-order valence-electron chi connectivity index (χ1n) is 6.56. The molecule has 2 heterocycles. The predicted octanol–water partition coefficient (Wildman–Crippen LogP) is 3.27. The van der Waals surface area contributed by atoms with E-state index in [1.165, 1.54) is 15.9 Å². The predicted molar refractivity (Wildman–Crippen MR) is 84.4 cm³/mol. The van der Waals surface area contributed by atoms with E-state index in [0.29, 0.717) is 11.2 Å². The molecule has 0 aliphatic heterocycles. The molecule has 0 saturated heterocycles. The van der Waals surface area contributed by atoms with Crippen LogP contribution in [-0.4, -0.2) is 9.55 Å². The Kier molecular flexibility index (Phi) is 3.32. The average Bonchev–Trinajstić information content (AvgIpc) is 2.78. The summed E-state index contributed by atoms with van der Waals surface area (Å²) in [6.45, 7) is 3.91. The largest absolute Gasteiger partial charge is 0.278 e. The van der Waals surface area contributed by atoms with E-state index in [2.05, 4.69) is 11.1 Å². The van der Waals surface area contributed by atoms with Gasteiger partial charge < -0.3 is 0 Å². The van der Waals surface area contributed by atoms with E-state index in [9.17, 15) is 4.79 Å². The second kappa shape index (κ2) is 5.15. The minimum atomic E-state index is -0.137. The summed E-state index contributed by atoms with van der Waals surface area (Å²) in [5.41, 5.74) is 1.66. The van der Waals surface area contributed by atoms with Crippen LogP contribution < -0.4 is 5.56 Å². The molecule has 0 aliphatic carbocycles. The minimum Gasteiger partial charge on any atom is -0.278 e. The van der Waals surface area contributed by atoms with E-state index >= 15 is 0 Å². The molecule has 0 spiro atoms. The molecule has 3 rings (SSSR count). The van der Waals surface area contributed by atoms with E-state index in [0.717, 1.165) is 20.8 Å². The molecule has 4 nitrogen and oxygen atoms in total. The highest BCUT2D eigenvalue weighted by atomic mass is 32.1. The molecule has 0 amide bonds. The van der Waals surface area contributed by atoms with Crippen molar-refractivity contribution in [3.05, 3.63) is 51.1 Å². The fourth-order valence-corrected chi connectivity index (χ4v) is 3.37. The molecule has 21 heavy (non-hydrogen) atoms. The number of nitrogens with zero attached hydrogens (tertiary/aromatic N) is 3. The van der Waals surface area contributed by atoms with Crippen LogP contribution in [-0.2, 0) is 6.54 Å². The van der Waals surface area contributed by atoms with Gasteiger partial charge in [-0.2, -0.15) is 5.26 Å². The van der Waals surface area contributed by atoms with Crippen LogP contribution in [0.1, 0.15) is 10.4 Å². The average molecular weight is 295 g/mol. The lowest BCUT2D eigenvalue weighted by molar-refractivity contribution is 0.788. The first-order valence-corrected chi connectivity index (χ1v) is 7.38. The van der Waals surface area contributed by atoms with Crippen molar-refractivity contribution in [1.29, 1.82) is 5.26 Å². The maximum Gasteiger partial charge on any atom is 0.263 e. The van der Waals surface area contributed by atoms with E-state index in [-0.39, 0.29) is 12.1 Å². The minimum absolute atomic E-state index is 0.000333. The summed E-state index contributed by atoms with van der Waals surface area (Å²) in [4.78, 5) is 19.2. The highest BCUT2D eigenvalue weighted by molar-refractivity contribution is 7.18. The molecule has 2 aromatic heterocycles. The van der Waals surface area contributed by atoms with Gasteiger partial charge in [0.15, 0.2) is 0 Å². The Morgan fingerprint density at radius 2 is 2.00 bits per heavy atom. The van der Waals surface area contributed by atoms with Crippen molar-refractivity contribution in [2.24, 2.45) is 0 Å². The molecule has 5 heteroatoms. The van der Waals surface area contributed by atoms with Crippen LogP contribution in [0.4, 0.5) is 0 Å². The molecule has 104 valence electrons. The summed E-state index contributed by atoms with van der Waals surface area (Å²) in [7, 11) is 0. The molecule has 0 aliphatic rings. The normalized spacial score (nSPS) is 10.7. The smallest absolute Gasteiger partial charge is 0.263 e. The molecular formula is C16H13N3OS. The van der Waals surface area contributed by atoms with Crippen LogP contribution >= 0.6 is 11.3 Å². The van der Waals surface area contributed by atoms with Crippen LogP contribution in [0.2, 0.25) is 0 Å². The second-order valence-corrected chi connectivity index (χ2v) is 6.02. The number of fused-ring (bicyclic) bond motifs is 1. The van der Waals surface area contributed by atoms with Gasteiger partial charge in [0.25, 0.3) is 5.56 Å². The fourth-order valence-electron chi connectivity index (χ4n) is 2.35. The number of benzene rings is 1. The Morgan fingerprint density at radius 1 is 1.29 bits per heavy atom. The molecule has 3 aromatic rings. The number of hydrogen-bond acceptors (Lipinski definition) is 4. The summed E-state index contributed by atoms with van der Waals surface area (Å²) >= 11 is 1.52. The van der Waals surface area contributed by atoms with E-state index < -0.39 is 0 Å². The molecule has 0 N–H and O–H groups in total. The lowest BCUT2D eigenvalue weighted by Crippen LogP contribution is -2.23. The topological polar surface area (TPSA) is 58.7 Å². The van der Waals surface area contributed by atoms with Gasteiger partial charge in [-0.05, 0) is 19.4 Å². The molecule has 0 unspecified atom stereocenters. The Bertz CT molecular complexity index is 917. The number of thiophene rings is 1. The maximum atomic E-state index is 12.7. The summed E-state index contributed by atoms with van der Waals surface area (Å²) < 4.78 is 1.46. The van der Waals surface area contributed by atoms with Crippen molar-refractivity contribution in [3.63, 3.8) is 0 Å². The van der Waals surface area contributed by atoms with Gasteiger partial charge in [-0.1, -0.05) is 30.3 Å². The van der Waals surface area contributed by atoms with Crippen LogP contribution in [0.15, 0.2) is 35.1 Å². The summed E-state index contributed by atoms with van der Waals surface area (Å²) in [5.74, 6) is 0.552. The van der Waals surface area contributed by atoms with Crippen LogP contribution in [0.3, 0.4) is 0 Å². The van der Waals surface area contributed by atoms with Gasteiger partial charge in [0.05, 0.1) is 11.5 Å². The van der Waals surface area contributed by atoms with Crippen LogP contribution in [0.25, 0.3) is 21.6 Å². The third-order valence-electron chi connectivity index (χ3n) is 3.55. The van der Waals surface area contributed by atoms with E-state index in [1.807, 2.05) is 44.2 Å². The number of hydrogen-bond donors (Lipinski definition) is 0. The van der Waals surface area contributed by atoms with Crippen molar-refractivity contribution in [2.45, 2.75) is 20.4 Å². The van der Waals surface area contributed by atoms with E-state index in [4.69, 9.17) is 5.26 Å². The summed E-state index contributed by atoms with van der Waals surface area (Å²) in [5, 5.41) is 9.66. The van der Waals surface area contributed by atoms with Crippen molar-refractivity contribution >= 4 is 21.6 Å². The van der Waals surface area contributed by atoms with Crippen molar-refractivity contribution < 1.29 is 0 Å². The third kappa shape index (κ3) is 2.14. The first-order chi connectivity index (χ1) is 10.1. The van der Waals surface area contributed by atoms with Crippen molar-refractivity contribution in [3.8, 4) is 17.5 Å². The maximum absolute atomic E-state index is 12.7. The molecule has 0 atom stereocenters. The van der Waals surface area contributed by atoms with E-state index in [1.54, 1.807) is 0 Å². The molecule has 1 aromatic carbocycles. The Morgan fingerprint density at radius 3 is 2.67 bits per heavy atom. The van der Waals surface area contributed by atoms with Crippen LogP contribution in [0.5, 0.6) is 0 Å². The first kappa shape index (κ1) is 13.5. The molecule has 0 radical (unpaired) electrons. The Hall–Kier alpha value is -2.45. The molecule has 0 bridgehead atoms. The monoisotopic (exact) mass is 295 g/mol. The summed E-state index contributed by atoms with van der Waals surface area (Å²) in [6.07, 6.45) is 0. The van der Waals surface area contributed by atoms with Gasteiger partial charge in [0.1, 0.15) is 17.2 Å². The van der Waals surface area contributed by atoms with Crippen LogP contribution in [0, 0.1) is 25.2 Å². The second-order valence-electron chi connectivity index (χ2n) is 4.81. The number of nitriles is 1. The number of rotatable bonds is 2. The molecule has 0 saturated carbocycles. The standard InChI is InChI=1S/C16H13N3OS/c1-10-11(2)21-15-13(10)16(20)19(9-8-17)14(18-15)12-6-4-3-5-7-12/h3-7H,9H2,1-2H3. The van der Waals surface area contributed by atoms with Crippen molar-refractivity contribution in [1.82, 2.24) is 9.55 Å². The Labute approximate surface area is 125 Å².